The van der Waals surface area contributed by atoms with Crippen molar-refractivity contribution in [2.45, 2.75) is 19.9 Å². The van der Waals surface area contributed by atoms with Gasteiger partial charge in [-0.1, -0.05) is 18.2 Å². The quantitative estimate of drug-likeness (QED) is 0.327. The molecule has 1 amide bonds. The molecule has 1 unspecified atom stereocenters. The minimum Gasteiger partial charge on any atom is -0.475 e. The maximum Gasteiger partial charge on any atom is 0.350 e. The smallest absolute Gasteiger partial charge is 0.350 e. The third-order valence-corrected chi connectivity index (χ3v) is 4.35. The minimum absolute atomic E-state index is 0.0651. The first-order chi connectivity index (χ1) is 14.9. The topological polar surface area (TPSA) is 143 Å². The van der Waals surface area contributed by atoms with Gasteiger partial charge in [-0.15, -0.1) is 5.10 Å². The predicted octanol–water partition coefficient (Wildman–Crippen LogP) is 2.36. The molecule has 12 nitrogen and oxygen atoms in total. The van der Waals surface area contributed by atoms with Crippen molar-refractivity contribution < 1.29 is 24.0 Å². The molecule has 3 rings (SSSR count). The Kier molecular flexibility index (Phi) is 6.29. The summed E-state index contributed by atoms with van der Waals surface area (Å²) >= 11 is 0. The molecule has 1 N–H and O–H groups in total. The van der Waals surface area contributed by atoms with Gasteiger partial charge in [-0.25, -0.2) is 14.2 Å². The first kappa shape index (κ1) is 21.5. The average Bonchev–Trinajstić information content (AvgIpc) is 3.38. The molecule has 3 aromatic rings. The van der Waals surface area contributed by atoms with Crippen LogP contribution in [-0.4, -0.2) is 50.1 Å². The highest BCUT2D eigenvalue weighted by molar-refractivity contribution is 6.01. The Balaban J connectivity index is 1.95. The van der Waals surface area contributed by atoms with Gasteiger partial charge in [0.2, 0.25) is 5.91 Å². The van der Waals surface area contributed by atoms with E-state index in [1.54, 1.807) is 31.2 Å². The zero-order valence-electron chi connectivity index (χ0n) is 17.0. The van der Waals surface area contributed by atoms with Crippen molar-refractivity contribution in [1.82, 2.24) is 19.6 Å². The number of aromatic nitrogens is 4. The Morgan fingerprint density at radius 3 is 2.58 bits per heavy atom. The molecular formula is C19H20N6O6. The summed E-state index contributed by atoms with van der Waals surface area (Å²) in [6, 6.07) is 7.93. The van der Waals surface area contributed by atoms with Crippen LogP contribution < -0.4 is 10.1 Å². The number of nitrogens with one attached hydrogen (secondary N) is 1. The highest BCUT2D eigenvalue weighted by Gasteiger charge is 2.28. The van der Waals surface area contributed by atoms with E-state index in [-0.39, 0.29) is 29.6 Å². The van der Waals surface area contributed by atoms with Crippen molar-refractivity contribution >= 4 is 23.4 Å². The van der Waals surface area contributed by atoms with Crippen molar-refractivity contribution in [2.24, 2.45) is 0 Å². The van der Waals surface area contributed by atoms with Gasteiger partial charge >= 0.3 is 17.5 Å². The Bertz CT molecular complexity index is 1110. The molecule has 162 valence electrons. The molecule has 12 heteroatoms. The number of nitro groups is 1. The maximum absolute atomic E-state index is 12.9. The molecule has 2 heterocycles. The summed E-state index contributed by atoms with van der Waals surface area (Å²) in [5.74, 6) is -1.34. The highest BCUT2D eigenvalue weighted by atomic mass is 16.6. The molecule has 0 saturated heterocycles. The lowest BCUT2D eigenvalue weighted by Gasteiger charge is -2.15. The molecule has 0 fully saturated rings. The van der Waals surface area contributed by atoms with Gasteiger partial charge in [0.15, 0.2) is 5.82 Å². The van der Waals surface area contributed by atoms with E-state index in [1.165, 1.54) is 24.9 Å². The Hall–Kier alpha value is -4.22. The van der Waals surface area contributed by atoms with Crippen LogP contribution >= 0.6 is 0 Å². The molecule has 1 aromatic carbocycles. The predicted molar refractivity (Wildman–Crippen MR) is 108 cm³/mol. The van der Waals surface area contributed by atoms with Gasteiger partial charge in [0.1, 0.15) is 17.8 Å². The molecule has 0 aliphatic heterocycles. The standard InChI is InChI=1S/C19H20N6O6/c1-4-31-19(27)14-10-20-24(13-8-6-5-7-9-13)16(14)21-17(26)12(2)23-11-15(25(28)29)18(22-23)30-3/h5-12H,4H2,1-3H3,(H,21,26). The summed E-state index contributed by atoms with van der Waals surface area (Å²) in [6.07, 6.45) is 2.40. The number of hydrogen-bond donors (Lipinski definition) is 1. The first-order valence-corrected chi connectivity index (χ1v) is 9.26. The van der Waals surface area contributed by atoms with Crippen molar-refractivity contribution in [3.05, 3.63) is 58.4 Å². The van der Waals surface area contributed by atoms with Crippen molar-refractivity contribution in [3.63, 3.8) is 0 Å². The fraction of sp³-hybridized carbons (Fsp3) is 0.263. The first-order valence-electron chi connectivity index (χ1n) is 9.26. The summed E-state index contributed by atoms with van der Waals surface area (Å²) in [7, 11) is 1.24. The van der Waals surface area contributed by atoms with Crippen LogP contribution in [0.5, 0.6) is 5.88 Å². The second-order valence-corrected chi connectivity index (χ2v) is 6.30. The Morgan fingerprint density at radius 2 is 2.00 bits per heavy atom. The molecule has 0 bridgehead atoms. The van der Waals surface area contributed by atoms with Gasteiger partial charge in [-0.3, -0.25) is 14.9 Å². The number of benzene rings is 1. The average molecular weight is 428 g/mol. The number of rotatable bonds is 8. The number of methoxy groups -OCH3 is 1. The molecule has 0 aliphatic carbocycles. The van der Waals surface area contributed by atoms with Gasteiger partial charge in [0.05, 0.1) is 30.5 Å². The van der Waals surface area contributed by atoms with E-state index in [4.69, 9.17) is 9.47 Å². The molecule has 0 saturated carbocycles. The van der Waals surface area contributed by atoms with Crippen LogP contribution in [-0.2, 0) is 9.53 Å². The summed E-state index contributed by atoms with van der Waals surface area (Å²) in [6.45, 7) is 3.31. The van der Waals surface area contributed by atoms with Gasteiger partial charge in [-0.2, -0.15) is 5.10 Å². The number of nitrogens with zero attached hydrogens (tertiary/aromatic N) is 5. The highest BCUT2D eigenvalue weighted by Crippen LogP contribution is 2.27. The fourth-order valence-corrected chi connectivity index (χ4v) is 2.77. The number of esters is 1. The molecule has 0 spiro atoms. The number of anilines is 1. The van der Waals surface area contributed by atoms with Crippen LogP contribution in [0.25, 0.3) is 5.69 Å². The zero-order chi connectivity index (χ0) is 22.5. The molecule has 0 aliphatic rings. The van der Waals surface area contributed by atoms with Crippen LogP contribution in [0.1, 0.15) is 30.2 Å². The normalized spacial score (nSPS) is 11.6. The van der Waals surface area contributed by atoms with Crippen LogP contribution in [0.15, 0.2) is 42.7 Å². The van der Waals surface area contributed by atoms with Crippen LogP contribution in [0, 0.1) is 10.1 Å². The summed E-state index contributed by atoms with van der Waals surface area (Å²) in [5, 5.41) is 21.9. The van der Waals surface area contributed by atoms with Crippen LogP contribution in [0.2, 0.25) is 0 Å². The summed E-state index contributed by atoms with van der Waals surface area (Å²) in [5.41, 5.74) is 0.302. The second kappa shape index (κ2) is 9.07. The number of ether oxygens (including phenoxy) is 2. The summed E-state index contributed by atoms with van der Waals surface area (Å²) < 4.78 is 12.5. The SMILES string of the molecule is CCOC(=O)c1cnn(-c2ccccc2)c1NC(=O)C(C)n1cc([N+](=O)[O-])c(OC)n1. The number of carbonyl (C=O) groups is 2. The van der Waals surface area contributed by atoms with E-state index in [0.29, 0.717) is 5.69 Å². The van der Waals surface area contributed by atoms with Crippen LogP contribution in [0.3, 0.4) is 0 Å². The van der Waals surface area contributed by atoms with Gasteiger partial charge in [-0.05, 0) is 26.0 Å². The van der Waals surface area contributed by atoms with Gasteiger partial charge < -0.3 is 14.8 Å². The van der Waals surface area contributed by atoms with Gasteiger partial charge in [0.25, 0.3) is 0 Å². The van der Waals surface area contributed by atoms with E-state index < -0.39 is 22.8 Å². The van der Waals surface area contributed by atoms with Gasteiger partial charge in [0, 0.05) is 0 Å². The van der Waals surface area contributed by atoms with E-state index in [0.717, 1.165) is 10.9 Å². The van der Waals surface area contributed by atoms with Crippen molar-refractivity contribution in [1.29, 1.82) is 0 Å². The largest absolute Gasteiger partial charge is 0.475 e. The third kappa shape index (κ3) is 4.37. The number of hydrogen-bond acceptors (Lipinski definition) is 8. The van der Waals surface area contributed by atoms with E-state index in [2.05, 4.69) is 15.5 Å². The number of carbonyl (C=O) groups excluding carboxylic acids is 2. The van der Waals surface area contributed by atoms with E-state index >= 15 is 0 Å². The monoisotopic (exact) mass is 428 g/mol. The van der Waals surface area contributed by atoms with E-state index in [1.807, 2.05) is 6.07 Å². The Morgan fingerprint density at radius 1 is 1.29 bits per heavy atom. The Labute approximate surface area is 176 Å². The second-order valence-electron chi connectivity index (χ2n) is 6.30. The summed E-state index contributed by atoms with van der Waals surface area (Å²) in [4.78, 5) is 35.8. The zero-order valence-corrected chi connectivity index (χ0v) is 17.0. The molecule has 2 aromatic heterocycles. The molecular weight excluding hydrogens is 408 g/mol. The number of amides is 1. The lowest BCUT2D eigenvalue weighted by atomic mass is 10.2. The fourth-order valence-electron chi connectivity index (χ4n) is 2.77. The minimum atomic E-state index is -0.961. The van der Waals surface area contributed by atoms with Crippen molar-refractivity contribution in [2.75, 3.05) is 19.0 Å². The maximum atomic E-state index is 12.9. The lowest BCUT2D eigenvalue weighted by molar-refractivity contribution is -0.385. The molecule has 1 atom stereocenters. The lowest BCUT2D eigenvalue weighted by Crippen LogP contribution is -2.26. The van der Waals surface area contributed by atoms with Crippen molar-refractivity contribution in [3.8, 4) is 11.6 Å². The van der Waals surface area contributed by atoms with E-state index in [9.17, 15) is 19.7 Å². The third-order valence-electron chi connectivity index (χ3n) is 4.35. The molecule has 0 radical (unpaired) electrons. The van der Waals surface area contributed by atoms with Crippen LogP contribution in [0.4, 0.5) is 11.5 Å². The molecule has 31 heavy (non-hydrogen) atoms. The number of para-hydroxylation sites is 1.